The van der Waals surface area contributed by atoms with Gasteiger partial charge in [0.1, 0.15) is 0 Å². The van der Waals surface area contributed by atoms with E-state index in [0.29, 0.717) is 6.61 Å². The second kappa shape index (κ2) is 6.89. The predicted molar refractivity (Wildman–Crippen MR) is 69.7 cm³/mol. The summed E-state index contributed by atoms with van der Waals surface area (Å²) in [4.78, 5) is 23.2. The van der Waals surface area contributed by atoms with Gasteiger partial charge in [-0.3, -0.25) is 9.59 Å². The zero-order valence-electron chi connectivity index (χ0n) is 11.3. The summed E-state index contributed by atoms with van der Waals surface area (Å²) in [6, 6.07) is 0.221. The standard InChI is InChI=1S/C14H23NO4/c16-13(17)9-11(12-7-4-8-19-12)14(18)15-10-5-2-1-3-6-10/h10-12H,1-9H2,(H,15,18)(H,16,17)/t11-,12-/m0/s1. The van der Waals surface area contributed by atoms with E-state index in [1.54, 1.807) is 0 Å². The molecule has 0 aromatic heterocycles. The van der Waals surface area contributed by atoms with Gasteiger partial charge in [0.25, 0.3) is 0 Å². The highest BCUT2D eigenvalue weighted by molar-refractivity contribution is 5.84. The fraction of sp³-hybridized carbons (Fsp3) is 0.857. The molecule has 2 atom stereocenters. The van der Waals surface area contributed by atoms with Gasteiger partial charge in [-0.15, -0.1) is 0 Å². The van der Waals surface area contributed by atoms with Crippen LogP contribution in [0.5, 0.6) is 0 Å². The van der Waals surface area contributed by atoms with Crippen molar-refractivity contribution in [2.24, 2.45) is 5.92 Å². The molecule has 5 nitrogen and oxygen atoms in total. The van der Waals surface area contributed by atoms with Gasteiger partial charge < -0.3 is 15.2 Å². The smallest absolute Gasteiger partial charge is 0.304 e. The van der Waals surface area contributed by atoms with Crippen LogP contribution in [0.2, 0.25) is 0 Å². The number of hydrogen-bond acceptors (Lipinski definition) is 3. The van der Waals surface area contributed by atoms with E-state index in [4.69, 9.17) is 9.84 Å². The Hall–Kier alpha value is -1.10. The van der Waals surface area contributed by atoms with Crippen molar-refractivity contribution >= 4 is 11.9 Å². The minimum absolute atomic E-state index is 0.136. The molecule has 2 fully saturated rings. The molecule has 1 saturated carbocycles. The molecule has 1 aliphatic heterocycles. The first-order valence-corrected chi connectivity index (χ1v) is 7.30. The second-order valence-corrected chi connectivity index (χ2v) is 5.60. The van der Waals surface area contributed by atoms with Gasteiger partial charge in [-0.25, -0.2) is 0 Å². The molecule has 2 aliphatic rings. The molecule has 2 rings (SSSR count). The van der Waals surface area contributed by atoms with Crippen LogP contribution in [0.25, 0.3) is 0 Å². The van der Waals surface area contributed by atoms with E-state index < -0.39 is 11.9 Å². The number of hydrogen-bond donors (Lipinski definition) is 2. The predicted octanol–water partition coefficient (Wildman–Crippen LogP) is 1.71. The summed E-state index contributed by atoms with van der Waals surface area (Å²) in [5.74, 6) is -1.61. The van der Waals surface area contributed by atoms with E-state index in [-0.39, 0.29) is 24.5 Å². The van der Waals surface area contributed by atoms with Crippen molar-refractivity contribution in [3.05, 3.63) is 0 Å². The zero-order valence-corrected chi connectivity index (χ0v) is 11.3. The lowest BCUT2D eigenvalue weighted by Gasteiger charge is -2.27. The van der Waals surface area contributed by atoms with Gasteiger partial charge in [-0.05, 0) is 25.7 Å². The molecule has 2 N–H and O–H groups in total. The Balaban J connectivity index is 1.91. The Morgan fingerprint density at radius 3 is 2.47 bits per heavy atom. The van der Waals surface area contributed by atoms with E-state index in [2.05, 4.69) is 5.32 Å². The summed E-state index contributed by atoms with van der Waals surface area (Å²) in [5, 5.41) is 12.0. The van der Waals surface area contributed by atoms with Gasteiger partial charge in [0.05, 0.1) is 18.4 Å². The molecule has 5 heteroatoms. The maximum absolute atomic E-state index is 12.3. The van der Waals surface area contributed by atoms with Gasteiger partial charge in [-0.1, -0.05) is 19.3 Å². The number of carboxylic acid groups (broad SMARTS) is 1. The third-order valence-electron chi connectivity index (χ3n) is 4.10. The van der Waals surface area contributed by atoms with E-state index in [1.807, 2.05) is 0 Å². The van der Waals surface area contributed by atoms with E-state index in [1.165, 1.54) is 6.42 Å². The topological polar surface area (TPSA) is 75.6 Å². The van der Waals surface area contributed by atoms with Crippen LogP contribution >= 0.6 is 0 Å². The van der Waals surface area contributed by atoms with Crippen LogP contribution in [-0.2, 0) is 14.3 Å². The summed E-state index contributed by atoms with van der Waals surface area (Å²) in [6.45, 7) is 0.636. The fourth-order valence-corrected chi connectivity index (χ4v) is 3.06. The molecule has 1 heterocycles. The Morgan fingerprint density at radius 1 is 1.16 bits per heavy atom. The average molecular weight is 269 g/mol. The van der Waals surface area contributed by atoms with Crippen molar-refractivity contribution in [1.82, 2.24) is 5.32 Å². The molecule has 0 bridgehead atoms. The molecular formula is C14H23NO4. The maximum atomic E-state index is 12.3. The molecule has 0 radical (unpaired) electrons. The van der Waals surface area contributed by atoms with E-state index >= 15 is 0 Å². The minimum atomic E-state index is -0.931. The first-order chi connectivity index (χ1) is 9.16. The monoisotopic (exact) mass is 269 g/mol. The lowest BCUT2D eigenvalue weighted by molar-refractivity contribution is -0.144. The Labute approximate surface area is 113 Å². The van der Waals surface area contributed by atoms with Crippen molar-refractivity contribution in [2.75, 3.05) is 6.61 Å². The first kappa shape index (κ1) is 14.3. The number of nitrogens with one attached hydrogen (secondary N) is 1. The van der Waals surface area contributed by atoms with Crippen LogP contribution in [0.15, 0.2) is 0 Å². The molecule has 1 aliphatic carbocycles. The van der Waals surface area contributed by atoms with Gasteiger partial charge >= 0.3 is 5.97 Å². The lowest BCUT2D eigenvalue weighted by atomic mass is 9.92. The number of amides is 1. The average Bonchev–Trinajstić information content (AvgIpc) is 2.90. The number of aliphatic carboxylic acids is 1. The zero-order chi connectivity index (χ0) is 13.7. The number of carbonyl (C=O) groups is 2. The highest BCUT2D eigenvalue weighted by Crippen LogP contribution is 2.24. The quantitative estimate of drug-likeness (QED) is 0.796. The van der Waals surface area contributed by atoms with Crippen molar-refractivity contribution in [3.8, 4) is 0 Å². The van der Waals surface area contributed by atoms with Crippen molar-refractivity contribution in [2.45, 2.75) is 63.5 Å². The fourth-order valence-electron chi connectivity index (χ4n) is 3.06. The molecule has 0 unspecified atom stereocenters. The summed E-state index contributed by atoms with van der Waals surface area (Å²) >= 11 is 0. The lowest BCUT2D eigenvalue weighted by Crippen LogP contribution is -2.44. The van der Waals surface area contributed by atoms with Gasteiger partial charge in [0.2, 0.25) is 5.91 Å². The highest BCUT2D eigenvalue weighted by Gasteiger charge is 2.34. The Kier molecular flexibility index (Phi) is 5.19. The van der Waals surface area contributed by atoms with Crippen molar-refractivity contribution < 1.29 is 19.4 Å². The number of carboxylic acids is 1. The van der Waals surface area contributed by atoms with Crippen LogP contribution in [0.4, 0.5) is 0 Å². The summed E-state index contributed by atoms with van der Waals surface area (Å²) < 4.78 is 5.50. The Morgan fingerprint density at radius 2 is 1.89 bits per heavy atom. The summed E-state index contributed by atoms with van der Waals surface area (Å²) in [7, 11) is 0. The number of ether oxygens (including phenoxy) is 1. The van der Waals surface area contributed by atoms with Crippen LogP contribution in [0.3, 0.4) is 0 Å². The number of carbonyl (C=O) groups excluding carboxylic acids is 1. The molecule has 0 spiro atoms. The molecule has 108 valence electrons. The number of rotatable bonds is 5. The Bertz CT molecular complexity index is 319. The highest BCUT2D eigenvalue weighted by atomic mass is 16.5. The SMILES string of the molecule is O=C(O)C[C@H](C(=O)NC1CCCCC1)[C@@H]1CCCO1. The second-order valence-electron chi connectivity index (χ2n) is 5.60. The van der Waals surface area contributed by atoms with Crippen LogP contribution in [0.1, 0.15) is 51.4 Å². The van der Waals surface area contributed by atoms with Crippen LogP contribution in [-0.4, -0.2) is 35.7 Å². The van der Waals surface area contributed by atoms with Crippen molar-refractivity contribution in [1.29, 1.82) is 0 Å². The van der Waals surface area contributed by atoms with Gasteiger partial charge in [-0.2, -0.15) is 0 Å². The molecular weight excluding hydrogens is 246 g/mol. The van der Waals surface area contributed by atoms with Crippen molar-refractivity contribution in [3.63, 3.8) is 0 Å². The molecule has 19 heavy (non-hydrogen) atoms. The first-order valence-electron chi connectivity index (χ1n) is 7.30. The largest absolute Gasteiger partial charge is 0.481 e. The molecule has 1 saturated heterocycles. The van der Waals surface area contributed by atoms with Crippen LogP contribution in [0, 0.1) is 5.92 Å². The third kappa shape index (κ3) is 4.20. The molecule has 0 aromatic carbocycles. The summed E-state index contributed by atoms with van der Waals surface area (Å²) in [5.41, 5.74) is 0. The minimum Gasteiger partial charge on any atom is -0.481 e. The van der Waals surface area contributed by atoms with Gasteiger partial charge in [0.15, 0.2) is 0 Å². The molecule has 1 amide bonds. The molecule has 0 aromatic rings. The normalized spacial score (nSPS) is 26.0. The maximum Gasteiger partial charge on any atom is 0.304 e. The summed E-state index contributed by atoms with van der Waals surface area (Å²) in [6.07, 6.45) is 6.89. The van der Waals surface area contributed by atoms with Crippen LogP contribution < -0.4 is 5.32 Å². The van der Waals surface area contributed by atoms with E-state index in [0.717, 1.165) is 38.5 Å². The van der Waals surface area contributed by atoms with E-state index in [9.17, 15) is 9.59 Å². The van der Waals surface area contributed by atoms with Gasteiger partial charge in [0, 0.05) is 12.6 Å². The third-order valence-corrected chi connectivity index (χ3v) is 4.10.